The number of imide groups is 1. The van der Waals surface area contributed by atoms with Gasteiger partial charge in [0, 0.05) is 10.9 Å². The summed E-state index contributed by atoms with van der Waals surface area (Å²) < 4.78 is 13.6. The van der Waals surface area contributed by atoms with E-state index < -0.39 is 36.2 Å². The summed E-state index contributed by atoms with van der Waals surface area (Å²) in [7, 11) is 0. The third-order valence-corrected chi connectivity index (χ3v) is 4.25. The van der Waals surface area contributed by atoms with Crippen LogP contribution in [-0.2, 0) is 15.5 Å². The van der Waals surface area contributed by atoms with E-state index in [9.17, 15) is 18.8 Å². The molecule has 0 saturated carbocycles. The lowest BCUT2D eigenvalue weighted by Gasteiger charge is -2.26. The second-order valence-corrected chi connectivity index (χ2v) is 5.80. The molecule has 1 unspecified atom stereocenters. The highest BCUT2D eigenvalue weighted by atomic mass is 35.5. The molecule has 1 saturated heterocycles. The van der Waals surface area contributed by atoms with Crippen LogP contribution in [0.3, 0.4) is 0 Å². The van der Waals surface area contributed by atoms with Crippen molar-refractivity contribution >= 4 is 41.0 Å². The van der Waals surface area contributed by atoms with E-state index in [4.69, 9.17) is 28.9 Å². The summed E-state index contributed by atoms with van der Waals surface area (Å²) >= 11 is 11.8. The zero-order valence-electron chi connectivity index (χ0n) is 12.2. The average molecular weight is 362 g/mol. The van der Waals surface area contributed by atoms with Gasteiger partial charge in [0.25, 0.3) is 5.91 Å². The first kappa shape index (κ1) is 17.5. The van der Waals surface area contributed by atoms with Gasteiger partial charge in [-0.2, -0.15) is 0 Å². The van der Waals surface area contributed by atoms with E-state index in [1.165, 1.54) is 11.0 Å². The van der Waals surface area contributed by atoms with Gasteiger partial charge in [-0.05, 0) is 30.2 Å². The Kier molecular flexibility index (Phi) is 5.11. The molecule has 1 aromatic rings. The van der Waals surface area contributed by atoms with E-state index in [0.29, 0.717) is 11.1 Å². The lowest BCUT2D eigenvalue weighted by atomic mass is 10.0. The van der Waals surface area contributed by atoms with Crippen molar-refractivity contribution in [1.82, 2.24) is 9.80 Å². The molecule has 1 aromatic carbocycles. The number of carbonyl (C=O) groups is 3. The molecule has 2 rings (SSSR count). The first-order valence-electron chi connectivity index (χ1n) is 6.69. The molecule has 0 aliphatic carbocycles. The Labute approximate surface area is 141 Å². The molecule has 0 bridgehead atoms. The van der Waals surface area contributed by atoms with E-state index in [-0.39, 0.29) is 17.4 Å². The Morgan fingerprint density at radius 3 is 2.65 bits per heavy atom. The van der Waals surface area contributed by atoms with Crippen molar-refractivity contribution in [2.75, 3.05) is 13.1 Å². The smallest absolute Gasteiger partial charge is 0.328 e. The van der Waals surface area contributed by atoms with Gasteiger partial charge >= 0.3 is 6.03 Å². The number of primary amides is 1. The number of nitrogens with zero attached hydrogens (tertiary/aromatic N) is 2. The largest absolute Gasteiger partial charge is 0.368 e. The standard InChI is InChI=1S/C14H14Cl2FN3O3/c1-7(9-2-8(17)3-11(16)10(9)4-15)19-6-13(22)20(14(19)23)5-12(18)21/h2-3,7H,4-6H2,1H3,(H2,18,21). The summed E-state index contributed by atoms with van der Waals surface area (Å²) in [5, 5.41) is 0.147. The van der Waals surface area contributed by atoms with Crippen LogP contribution in [-0.4, -0.2) is 40.7 Å². The van der Waals surface area contributed by atoms with Gasteiger partial charge in [-0.25, -0.2) is 9.18 Å². The number of benzene rings is 1. The first-order chi connectivity index (χ1) is 10.8. The lowest BCUT2D eigenvalue weighted by molar-refractivity contribution is -0.129. The van der Waals surface area contributed by atoms with Gasteiger partial charge in [-0.15, -0.1) is 11.6 Å². The topological polar surface area (TPSA) is 83.7 Å². The zero-order chi connectivity index (χ0) is 17.3. The number of hydrogen-bond acceptors (Lipinski definition) is 3. The summed E-state index contributed by atoms with van der Waals surface area (Å²) in [4.78, 5) is 37.1. The molecule has 0 radical (unpaired) electrons. The quantitative estimate of drug-likeness (QED) is 0.643. The second-order valence-electron chi connectivity index (χ2n) is 5.12. The molecule has 1 aliphatic heterocycles. The van der Waals surface area contributed by atoms with E-state index in [0.717, 1.165) is 11.0 Å². The highest BCUT2D eigenvalue weighted by Crippen LogP contribution is 2.33. The molecule has 9 heteroatoms. The van der Waals surface area contributed by atoms with Gasteiger partial charge < -0.3 is 10.6 Å². The molecule has 23 heavy (non-hydrogen) atoms. The second kappa shape index (κ2) is 6.72. The number of rotatable bonds is 5. The van der Waals surface area contributed by atoms with Crippen LogP contribution in [0.5, 0.6) is 0 Å². The number of alkyl halides is 1. The Bertz CT molecular complexity index is 683. The Morgan fingerprint density at radius 1 is 1.43 bits per heavy atom. The molecule has 2 N–H and O–H groups in total. The highest BCUT2D eigenvalue weighted by Gasteiger charge is 2.40. The van der Waals surface area contributed by atoms with Crippen molar-refractivity contribution < 1.29 is 18.8 Å². The van der Waals surface area contributed by atoms with E-state index in [1.807, 2.05) is 0 Å². The van der Waals surface area contributed by atoms with Gasteiger partial charge in [-0.3, -0.25) is 14.5 Å². The number of halogens is 3. The number of nitrogens with two attached hydrogens (primary N) is 1. The SMILES string of the molecule is CC(c1cc(F)cc(Cl)c1CCl)N1CC(=O)N(CC(N)=O)C1=O. The predicted octanol–water partition coefficient (Wildman–Crippen LogP) is 2.03. The van der Waals surface area contributed by atoms with E-state index >= 15 is 0 Å². The molecule has 1 heterocycles. The summed E-state index contributed by atoms with van der Waals surface area (Å²) in [6.07, 6.45) is 0. The normalized spacial score (nSPS) is 16.2. The van der Waals surface area contributed by atoms with Crippen molar-refractivity contribution in [3.8, 4) is 0 Å². The summed E-state index contributed by atoms with van der Waals surface area (Å²) in [5.74, 6) is -1.88. The van der Waals surface area contributed by atoms with Crippen LogP contribution in [0, 0.1) is 5.82 Å². The predicted molar refractivity (Wildman–Crippen MR) is 82.4 cm³/mol. The van der Waals surface area contributed by atoms with Crippen molar-refractivity contribution in [2.45, 2.75) is 18.8 Å². The third-order valence-electron chi connectivity index (χ3n) is 3.64. The van der Waals surface area contributed by atoms with Gasteiger partial charge in [0.1, 0.15) is 18.9 Å². The Hall–Kier alpha value is -1.86. The first-order valence-corrected chi connectivity index (χ1v) is 7.60. The maximum Gasteiger partial charge on any atom is 0.328 e. The fraction of sp³-hybridized carbons (Fsp3) is 0.357. The van der Waals surface area contributed by atoms with Crippen LogP contribution in [0.25, 0.3) is 0 Å². The molecule has 1 atom stereocenters. The molecular formula is C14H14Cl2FN3O3. The fourth-order valence-corrected chi connectivity index (χ4v) is 3.13. The van der Waals surface area contributed by atoms with Gasteiger partial charge in [0.2, 0.25) is 5.91 Å². The summed E-state index contributed by atoms with van der Waals surface area (Å²) in [5.41, 5.74) is 5.92. The molecule has 0 spiro atoms. The monoisotopic (exact) mass is 361 g/mol. The fourth-order valence-electron chi connectivity index (χ4n) is 2.48. The lowest BCUT2D eigenvalue weighted by Crippen LogP contribution is -2.39. The molecule has 124 valence electrons. The Morgan fingerprint density at radius 2 is 2.09 bits per heavy atom. The number of hydrogen-bond donors (Lipinski definition) is 1. The molecule has 4 amide bonds. The minimum atomic E-state index is -0.795. The van der Waals surface area contributed by atoms with E-state index in [1.54, 1.807) is 6.92 Å². The van der Waals surface area contributed by atoms with Crippen molar-refractivity contribution in [2.24, 2.45) is 5.73 Å². The highest BCUT2D eigenvalue weighted by molar-refractivity contribution is 6.32. The van der Waals surface area contributed by atoms with Crippen molar-refractivity contribution in [3.63, 3.8) is 0 Å². The van der Waals surface area contributed by atoms with Gasteiger partial charge in [0.05, 0.1) is 6.04 Å². The maximum atomic E-state index is 13.6. The zero-order valence-corrected chi connectivity index (χ0v) is 13.7. The molecule has 1 fully saturated rings. The van der Waals surface area contributed by atoms with Crippen LogP contribution in [0.4, 0.5) is 9.18 Å². The molecule has 1 aliphatic rings. The van der Waals surface area contributed by atoms with Crippen LogP contribution >= 0.6 is 23.2 Å². The summed E-state index contributed by atoms with van der Waals surface area (Å²) in [6.45, 7) is 0.899. The Balaban J connectivity index is 2.35. The molecule has 0 aromatic heterocycles. The third kappa shape index (κ3) is 3.40. The number of amides is 4. The van der Waals surface area contributed by atoms with Crippen molar-refractivity contribution in [1.29, 1.82) is 0 Å². The minimum Gasteiger partial charge on any atom is -0.368 e. The average Bonchev–Trinajstić information content (AvgIpc) is 2.73. The van der Waals surface area contributed by atoms with Gasteiger partial charge in [-0.1, -0.05) is 11.6 Å². The number of urea groups is 1. The maximum absolute atomic E-state index is 13.6. The van der Waals surface area contributed by atoms with Gasteiger partial charge in [0.15, 0.2) is 0 Å². The van der Waals surface area contributed by atoms with Crippen molar-refractivity contribution in [3.05, 3.63) is 34.1 Å². The van der Waals surface area contributed by atoms with E-state index in [2.05, 4.69) is 0 Å². The van der Waals surface area contributed by atoms with Crippen LogP contribution in [0.1, 0.15) is 24.1 Å². The van der Waals surface area contributed by atoms with Crippen LogP contribution < -0.4 is 5.73 Å². The van der Waals surface area contributed by atoms with Crippen LogP contribution in [0.2, 0.25) is 5.02 Å². The molecule has 6 nitrogen and oxygen atoms in total. The van der Waals surface area contributed by atoms with Crippen LogP contribution in [0.15, 0.2) is 12.1 Å². The number of carbonyl (C=O) groups excluding carboxylic acids is 3. The summed E-state index contributed by atoms with van der Waals surface area (Å²) in [6, 6.07) is 1.04. The molecular weight excluding hydrogens is 348 g/mol. The minimum absolute atomic E-state index is 0.0275.